The molecule has 38 heavy (non-hydrogen) atoms. The molecule has 1 aliphatic rings. The second-order valence-electron chi connectivity index (χ2n) is 8.53. The maximum absolute atomic E-state index is 12.0. The number of nitrogens with zero attached hydrogens (tertiary/aromatic N) is 4. The summed E-state index contributed by atoms with van der Waals surface area (Å²) in [4.78, 5) is 12.0. The van der Waals surface area contributed by atoms with Gasteiger partial charge in [0.1, 0.15) is 29.1 Å². The molecule has 1 fully saturated rings. The molecule has 11 heteroatoms. The van der Waals surface area contributed by atoms with Crippen LogP contribution in [0.2, 0.25) is 0 Å². The quantitative estimate of drug-likeness (QED) is 0.331. The number of esters is 1. The fraction of sp³-hybridized carbons (Fsp3) is 0.333. The molecule has 0 radical (unpaired) electrons. The summed E-state index contributed by atoms with van der Waals surface area (Å²) >= 11 is 0. The predicted molar refractivity (Wildman–Crippen MR) is 138 cm³/mol. The van der Waals surface area contributed by atoms with Gasteiger partial charge in [-0.3, -0.25) is 4.79 Å². The zero-order valence-corrected chi connectivity index (χ0v) is 21.9. The molecule has 1 aromatic heterocycles. The maximum Gasteiger partial charge on any atom is 0.309 e. The summed E-state index contributed by atoms with van der Waals surface area (Å²) in [6.07, 6.45) is 2.34. The van der Waals surface area contributed by atoms with Gasteiger partial charge in [0, 0.05) is 47.9 Å². The van der Waals surface area contributed by atoms with E-state index in [0.29, 0.717) is 51.1 Å². The van der Waals surface area contributed by atoms with Gasteiger partial charge in [0.05, 0.1) is 41.0 Å². The lowest BCUT2D eigenvalue weighted by atomic mass is 9.90. The highest BCUT2D eigenvalue weighted by Gasteiger charge is 2.27. The van der Waals surface area contributed by atoms with Crippen LogP contribution < -0.4 is 18.9 Å². The molecule has 0 saturated carbocycles. The van der Waals surface area contributed by atoms with Crippen molar-refractivity contribution in [1.82, 2.24) is 20.2 Å². The number of rotatable bonds is 9. The zero-order chi connectivity index (χ0) is 27.2. The first-order chi connectivity index (χ1) is 18.4. The Balaban J connectivity index is 2.03. The average molecular weight is 523 g/mol. The summed E-state index contributed by atoms with van der Waals surface area (Å²) in [5.74, 6) is 2.29. The first-order valence-electron chi connectivity index (χ1n) is 11.9. The molecule has 2 atom stereocenters. The van der Waals surface area contributed by atoms with Gasteiger partial charge in [-0.05, 0) is 40.8 Å². The van der Waals surface area contributed by atoms with Crippen LogP contribution in [0, 0.1) is 0 Å². The van der Waals surface area contributed by atoms with Crippen LogP contribution in [0.4, 0.5) is 0 Å². The Morgan fingerprint density at radius 1 is 1.00 bits per heavy atom. The Kier molecular flexibility index (Phi) is 8.27. The van der Waals surface area contributed by atoms with Gasteiger partial charge in [0.2, 0.25) is 0 Å². The van der Waals surface area contributed by atoms with E-state index < -0.39 is 18.2 Å². The van der Waals surface area contributed by atoms with E-state index in [1.54, 1.807) is 59.8 Å². The van der Waals surface area contributed by atoms with Crippen LogP contribution in [0.25, 0.3) is 11.1 Å². The Morgan fingerprint density at radius 3 is 2.08 bits per heavy atom. The molecule has 200 valence electrons. The number of hydrogen-bond donors (Lipinski definition) is 1. The monoisotopic (exact) mass is 522 g/mol. The van der Waals surface area contributed by atoms with Crippen molar-refractivity contribution < 1.29 is 33.6 Å². The first kappa shape index (κ1) is 26.7. The third-order valence-electron chi connectivity index (χ3n) is 6.15. The molecule has 1 saturated heterocycles. The predicted octanol–water partition coefficient (Wildman–Crippen LogP) is 2.83. The zero-order valence-electron chi connectivity index (χ0n) is 21.9. The molecular formula is C27H30N4O7. The lowest BCUT2D eigenvalue weighted by molar-refractivity contribution is -0.156. The molecule has 0 bridgehead atoms. The van der Waals surface area contributed by atoms with Crippen molar-refractivity contribution >= 4 is 17.1 Å². The van der Waals surface area contributed by atoms with Gasteiger partial charge < -0.3 is 28.8 Å². The summed E-state index contributed by atoms with van der Waals surface area (Å²) in [6.45, 7) is 0. The highest BCUT2D eigenvalue weighted by Crippen LogP contribution is 2.43. The third kappa shape index (κ3) is 5.62. The molecule has 0 unspecified atom stereocenters. The summed E-state index contributed by atoms with van der Waals surface area (Å²) in [5, 5.41) is 22.2. The molecule has 2 aromatic carbocycles. The highest BCUT2D eigenvalue weighted by atomic mass is 16.5. The van der Waals surface area contributed by atoms with Gasteiger partial charge >= 0.3 is 5.97 Å². The van der Waals surface area contributed by atoms with Crippen molar-refractivity contribution in [1.29, 1.82) is 0 Å². The normalized spacial score (nSPS) is 17.2. The molecule has 3 aromatic rings. The van der Waals surface area contributed by atoms with Crippen molar-refractivity contribution in [3.8, 4) is 23.0 Å². The van der Waals surface area contributed by atoms with E-state index in [1.807, 2.05) is 24.3 Å². The smallest absolute Gasteiger partial charge is 0.309 e. The van der Waals surface area contributed by atoms with E-state index in [2.05, 4.69) is 15.5 Å². The summed E-state index contributed by atoms with van der Waals surface area (Å²) < 4.78 is 29.3. The van der Waals surface area contributed by atoms with E-state index in [1.165, 1.54) is 4.68 Å². The average Bonchev–Trinajstić information content (AvgIpc) is 3.35. The third-order valence-corrected chi connectivity index (χ3v) is 6.15. The molecular weight excluding hydrogens is 492 g/mol. The number of tetrazole rings is 1. The minimum atomic E-state index is -0.780. The summed E-state index contributed by atoms with van der Waals surface area (Å²) in [6, 6.07) is 11.0. The minimum absolute atomic E-state index is 0.0302. The molecule has 11 nitrogen and oxygen atoms in total. The number of aliphatic hydroxyl groups is 1. The summed E-state index contributed by atoms with van der Waals surface area (Å²) in [5.41, 5.74) is 2.70. The van der Waals surface area contributed by atoms with Crippen molar-refractivity contribution in [3.05, 3.63) is 65.5 Å². The second-order valence-corrected chi connectivity index (χ2v) is 8.53. The minimum Gasteiger partial charge on any atom is -0.497 e. The van der Waals surface area contributed by atoms with E-state index in [0.717, 1.165) is 0 Å². The number of carbonyl (C=O) groups excluding carboxylic acids is 1. The van der Waals surface area contributed by atoms with Gasteiger partial charge in [0.25, 0.3) is 0 Å². The second kappa shape index (κ2) is 11.8. The van der Waals surface area contributed by atoms with Gasteiger partial charge in [-0.1, -0.05) is 6.08 Å². The summed E-state index contributed by atoms with van der Waals surface area (Å²) in [7, 11) is 8.03. The Bertz CT molecular complexity index is 1310. The molecule has 4 rings (SSSR count). The fourth-order valence-corrected chi connectivity index (χ4v) is 4.30. The van der Waals surface area contributed by atoms with Crippen LogP contribution in [0.3, 0.4) is 0 Å². The van der Waals surface area contributed by atoms with Crippen LogP contribution >= 0.6 is 0 Å². The Morgan fingerprint density at radius 2 is 1.61 bits per heavy atom. The number of allylic oxidation sites excluding steroid dienone is 2. The van der Waals surface area contributed by atoms with Crippen molar-refractivity contribution in [2.24, 2.45) is 7.05 Å². The first-order valence-corrected chi connectivity index (χ1v) is 11.9. The highest BCUT2D eigenvalue weighted by molar-refractivity contribution is 6.03. The maximum atomic E-state index is 12.0. The number of cyclic esters (lactones) is 1. The van der Waals surface area contributed by atoms with Gasteiger partial charge in [-0.25, -0.2) is 4.68 Å². The molecule has 1 N–H and O–H groups in total. The molecule has 0 aliphatic carbocycles. The van der Waals surface area contributed by atoms with Crippen molar-refractivity contribution in [3.63, 3.8) is 0 Å². The van der Waals surface area contributed by atoms with Crippen molar-refractivity contribution in [2.75, 3.05) is 28.4 Å². The van der Waals surface area contributed by atoms with Crippen LogP contribution in [0.5, 0.6) is 23.0 Å². The number of methoxy groups -OCH3 is 4. The number of aliphatic hydroxyl groups excluding tert-OH is 1. The van der Waals surface area contributed by atoms with Crippen LogP contribution in [-0.4, -0.2) is 71.9 Å². The molecule has 2 heterocycles. The molecule has 0 spiro atoms. The lowest BCUT2D eigenvalue weighted by Gasteiger charge is -2.24. The fourth-order valence-electron chi connectivity index (χ4n) is 4.30. The largest absolute Gasteiger partial charge is 0.497 e. The Labute approximate surface area is 220 Å². The van der Waals surface area contributed by atoms with Crippen molar-refractivity contribution in [2.45, 2.75) is 25.0 Å². The van der Waals surface area contributed by atoms with Gasteiger partial charge in [-0.15, -0.1) is 5.10 Å². The molecule has 1 aliphatic heterocycles. The number of aromatic nitrogens is 4. The van der Waals surface area contributed by atoms with Crippen LogP contribution in [0.15, 0.2) is 48.6 Å². The van der Waals surface area contributed by atoms with Gasteiger partial charge in [-0.2, -0.15) is 0 Å². The SMILES string of the molecule is COc1ccc(C(=C(/C=C/[C@@H]2C[C@@H](O)CC(=O)O2)c2nnnn2C)c2ccc(OC)cc2OC)c(OC)c1. The van der Waals surface area contributed by atoms with Gasteiger partial charge in [0.15, 0.2) is 5.82 Å². The van der Waals surface area contributed by atoms with E-state index in [-0.39, 0.29) is 12.8 Å². The number of benzene rings is 2. The number of aryl methyl sites for hydroxylation is 1. The Hall–Kier alpha value is -4.38. The topological polar surface area (TPSA) is 127 Å². The number of hydrogen-bond acceptors (Lipinski definition) is 10. The van der Waals surface area contributed by atoms with Crippen LogP contribution in [-0.2, 0) is 16.6 Å². The van der Waals surface area contributed by atoms with E-state index >= 15 is 0 Å². The number of carbonyl (C=O) groups is 1. The standard InChI is InChI=1S/C27H30N4O7/c1-31-27(28-29-30-31)22(11-8-19-12-16(32)13-25(33)38-19)26(20-9-6-17(34-2)14-23(20)36-4)21-10-7-18(35-3)15-24(21)37-5/h6-11,14-16,19,32H,12-13H2,1-5H3/b11-8+/t16-,19-/m1/s1. The van der Waals surface area contributed by atoms with E-state index in [4.69, 9.17) is 23.7 Å². The molecule has 0 amide bonds. The lowest BCUT2D eigenvalue weighted by Crippen LogP contribution is -2.31. The van der Waals surface area contributed by atoms with E-state index in [9.17, 15) is 9.90 Å². The van der Waals surface area contributed by atoms with Crippen LogP contribution in [0.1, 0.15) is 29.8 Å². The number of ether oxygens (including phenoxy) is 5.